The van der Waals surface area contributed by atoms with Crippen molar-refractivity contribution < 1.29 is 4.39 Å². The van der Waals surface area contributed by atoms with Gasteiger partial charge in [0.05, 0.1) is 11.9 Å². The van der Waals surface area contributed by atoms with Crippen LogP contribution >= 0.6 is 0 Å². The van der Waals surface area contributed by atoms with Crippen molar-refractivity contribution in [2.75, 3.05) is 11.9 Å². The van der Waals surface area contributed by atoms with E-state index in [1.54, 1.807) is 55.5 Å². The topological polar surface area (TPSA) is 54.8 Å². The summed E-state index contributed by atoms with van der Waals surface area (Å²) in [7, 11) is 1.86. The van der Waals surface area contributed by atoms with E-state index in [0.29, 0.717) is 11.4 Å². The van der Waals surface area contributed by atoms with Crippen molar-refractivity contribution in [3.8, 4) is 0 Å². The number of aromatic nitrogens is 4. The summed E-state index contributed by atoms with van der Waals surface area (Å²) in [6.45, 7) is 0. The standard InChI is InChI=1S/C23H20FN5/c1-29(19-8-4-12-27-16-19)23-20(9-5-13-28-23)22(24)21(17-6-2-10-25-14-17)18-7-3-11-26-15-18/h2-16,21-22H,1H3. The zero-order valence-electron chi connectivity index (χ0n) is 15.9. The molecule has 0 saturated heterocycles. The first-order chi connectivity index (χ1) is 14.3. The second-order valence-corrected chi connectivity index (χ2v) is 6.64. The average molecular weight is 385 g/mol. The summed E-state index contributed by atoms with van der Waals surface area (Å²) in [4.78, 5) is 18.9. The van der Waals surface area contributed by atoms with Gasteiger partial charge in [0, 0.05) is 55.7 Å². The van der Waals surface area contributed by atoms with Gasteiger partial charge in [0.25, 0.3) is 0 Å². The van der Waals surface area contributed by atoms with Crippen molar-refractivity contribution in [1.82, 2.24) is 19.9 Å². The fraction of sp³-hybridized carbons (Fsp3) is 0.130. The number of hydrogen-bond acceptors (Lipinski definition) is 5. The maximum absolute atomic E-state index is 16.2. The van der Waals surface area contributed by atoms with Crippen LogP contribution in [0.4, 0.5) is 15.9 Å². The number of nitrogens with zero attached hydrogens (tertiary/aromatic N) is 5. The second-order valence-electron chi connectivity index (χ2n) is 6.64. The molecule has 0 spiro atoms. The van der Waals surface area contributed by atoms with Gasteiger partial charge in [0.1, 0.15) is 12.0 Å². The molecule has 4 rings (SSSR count). The summed E-state index contributed by atoms with van der Waals surface area (Å²) in [6.07, 6.45) is 10.5. The Hall–Kier alpha value is -3.67. The van der Waals surface area contributed by atoms with Crippen LogP contribution in [0.3, 0.4) is 0 Å². The van der Waals surface area contributed by atoms with Crippen molar-refractivity contribution in [2.24, 2.45) is 0 Å². The Morgan fingerprint density at radius 1 is 0.759 bits per heavy atom. The minimum Gasteiger partial charge on any atom is -0.328 e. The monoisotopic (exact) mass is 385 g/mol. The van der Waals surface area contributed by atoms with Gasteiger partial charge in [-0.3, -0.25) is 15.0 Å². The maximum atomic E-state index is 16.2. The zero-order chi connectivity index (χ0) is 20.1. The largest absolute Gasteiger partial charge is 0.328 e. The molecule has 4 heterocycles. The van der Waals surface area contributed by atoms with Gasteiger partial charge in [-0.2, -0.15) is 0 Å². The number of halogens is 1. The summed E-state index contributed by atoms with van der Waals surface area (Å²) in [5, 5.41) is 0. The minimum absolute atomic E-state index is 0.497. The van der Waals surface area contributed by atoms with Crippen LogP contribution < -0.4 is 4.90 Å². The van der Waals surface area contributed by atoms with Crippen molar-refractivity contribution in [1.29, 1.82) is 0 Å². The lowest BCUT2D eigenvalue weighted by molar-refractivity contribution is 0.310. The molecule has 0 amide bonds. The average Bonchev–Trinajstić information content (AvgIpc) is 2.81. The Morgan fingerprint density at radius 3 is 1.90 bits per heavy atom. The molecule has 4 aromatic rings. The number of hydrogen-bond donors (Lipinski definition) is 0. The Morgan fingerprint density at radius 2 is 1.34 bits per heavy atom. The molecule has 0 aliphatic heterocycles. The molecule has 144 valence electrons. The van der Waals surface area contributed by atoms with E-state index in [0.717, 1.165) is 16.8 Å². The summed E-state index contributed by atoms with van der Waals surface area (Å²) in [6, 6.07) is 14.7. The molecular formula is C23H20FN5. The van der Waals surface area contributed by atoms with Crippen LogP contribution in [0.5, 0.6) is 0 Å². The molecule has 0 radical (unpaired) electrons. The van der Waals surface area contributed by atoms with Gasteiger partial charge in [-0.25, -0.2) is 9.37 Å². The highest BCUT2D eigenvalue weighted by Crippen LogP contribution is 2.42. The molecule has 4 aromatic heterocycles. The molecule has 0 aliphatic carbocycles. The molecule has 0 bridgehead atoms. The third-order valence-corrected chi connectivity index (χ3v) is 4.84. The molecule has 0 aliphatic rings. The van der Waals surface area contributed by atoms with Gasteiger partial charge in [-0.15, -0.1) is 0 Å². The van der Waals surface area contributed by atoms with E-state index in [1.165, 1.54) is 0 Å². The Labute approximate surface area is 169 Å². The quantitative estimate of drug-likeness (QED) is 0.474. The molecule has 0 aromatic carbocycles. The molecular weight excluding hydrogens is 365 g/mol. The SMILES string of the molecule is CN(c1cccnc1)c1ncccc1C(F)C(c1cccnc1)c1cccnc1. The van der Waals surface area contributed by atoms with E-state index in [1.807, 2.05) is 48.3 Å². The summed E-state index contributed by atoms with van der Waals surface area (Å²) in [5.74, 6) is -0.00608. The van der Waals surface area contributed by atoms with Gasteiger partial charge in [0.2, 0.25) is 0 Å². The predicted molar refractivity (Wildman–Crippen MR) is 111 cm³/mol. The summed E-state index contributed by atoms with van der Waals surface area (Å²) >= 11 is 0. The van der Waals surface area contributed by atoms with E-state index in [9.17, 15) is 0 Å². The van der Waals surface area contributed by atoms with E-state index in [2.05, 4.69) is 19.9 Å². The molecule has 6 heteroatoms. The van der Waals surface area contributed by atoms with Crippen LogP contribution in [0.15, 0.2) is 91.9 Å². The lowest BCUT2D eigenvalue weighted by Crippen LogP contribution is -2.17. The van der Waals surface area contributed by atoms with Crippen LogP contribution in [-0.2, 0) is 0 Å². The molecule has 5 nitrogen and oxygen atoms in total. The Bertz CT molecular complexity index is 1000. The third kappa shape index (κ3) is 3.96. The minimum atomic E-state index is -1.34. The van der Waals surface area contributed by atoms with E-state index >= 15 is 4.39 Å². The zero-order valence-corrected chi connectivity index (χ0v) is 15.9. The normalized spacial score (nSPS) is 12.0. The first-order valence-corrected chi connectivity index (χ1v) is 9.28. The van der Waals surface area contributed by atoms with Crippen molar-refractivity contribution in [3.63, 3.8) is 0 Å². The highest BCUT2D eigenvalue weighted by Gasteiger charge is 2.30. The van der Waals surface area contributed by atoms with Gasteiger partial charge >= 0.3 is 0 Å². The van der Waals surface area contributed by atoms with E-state index in [-0.39, 0.29) is 0 Å². The van der Waals surface area contributed by atoms with Crippen LogP contribution in [-0.4, -0.2) is 27.0 Å². The number of rotatable bonds is 6. The molecule has 1 unspecified atom stereocenters. The highest BCUT2D eigenvalue weighted by atomic mass is 19.1. The Kier molecular flexibility index (Phi) is 5.52. The highest BCUT2D eigenvalue weighted by molar-refractivity contribution is 5.62. The lowest BCUT2D eigenvalue weighted by atomic mass is 9.86. The van der Waals surface area contributed by atoms with Gasteiger partial charge in [-0.1, -0.05) is 18.2 Å². The summed E-state index contributed by atoms with van der Waals surface area (Å²) in [5.41, 5.74) is 2.90. The first kappa shape index (κ1) is 18.7. The first-order valence-electron chi connectivity index (χ1n) is 9.28. The van der Waals surface area contributed by atoms with E-state index < -0.39 is 12.1 Å². The van der Waals surface area contributed by atoms with Gasteiger partial charge in [-0.05, 0) is 41.5 Å². The van der Waals surface area contributed by atoms with Crippen molar-refractivity contribution in [2.45, 2.75) is 12.1 Å². The molecule has 29 heavy (non-hydrogen) atoms. The van der Waals surface area contributed by atoms with Crippen LogP contribution in [0, 0.1) is 0 Å². The second kappa shape index (κ2) is 8.56. The van der Waals surface area contributed by atoms with Crippen molar-refractivity contribution >= 4 is 11.5 Å². The Balaban J connectivity index is 1.79. The van der Waals surface area contributed by atoms with Crippen molar-refractivity contribution in [3.05, 3.63) is 109 Å². The fourth-order valence-electron chi connectivity index (χ4n) is 3.41. The third-order valence-electron chi connectivity index (χ3n) is 4.84. The molecule has 1 atom stereocenters. The predicted octanol–water partition coefficient (Wildman–Crippen LogP) is 4.88. The molecule has 0 fully saturated rings. The lowest BCUT2D eigenvalue weighted by Gasteiger charge is -2.26. The molecule has 0 saturated carbocycles. The maximum Gasteiger partial charge on any atom is 0.140 e. The van der Waals surface area contributed by atoms with Gasteiger partial charge in [0.15, 0.2) is 0 Å². The smallest absolute Gasteiger partial charge is 0.140 e. The number of anilines is 2. The summed E-state index contributed by atoms with van der Waals surface area (Å²) < 4.78 is 16.2. The van der Waals surface area contributed by atoms with E-state index in [4.69, 9.17) is 0 Å². The number of pyridine rings is 4. The fourth-order valence-corrected chi connectivity index (χ4v) is 3.41. The number of alkyl halides is 1. The van der Waals surface area contributed by atoms with Crippen LogP contribution in [0.2, 0.25) is 0 Å². The van der Waals surface area contributed by atoms with Crippen LogP contribution in [0.25, 0.3) is 0 Å². The van der Waals surface area contributed by atoms with Crippen LogP contribution in [0.1, 0.15) is 28.8 Å². The van der Waals surface area contributed by atoms with Gasteiger partial charge < -0.3 is 4.90 Å². The molecule has 0 N–H and O–H groups in total.